The monoisotopic (exact) mass is 429 g/mol. The van der Waals surface area contributed by atoms with Crippen molar-refractivity contribution in [2.75, 3.05) is 6.54 Å². The number of hydrogen-bond acceptors (Lipinski definition) is 5. The van der Waals surface area contributed by atoms with Crippen LogP contribution in [-0.4, -0.2) is 29.4 Å². The van der Waals surface area contributed by atoms with Crippen LogP contribution in [0.25, 0.3) is 11.4 Å². The summed E-state index contributed by atoms with van der Waals surface area (Å²) in [5.74, 6) is 0.760. The zero-order chi connectivity index (χ0) is 20.0. The van der Waals surface area contributed by atoms with Gasteiger partial charge in [-0.1, -0.05) is 22.8 Å². The van der Waals surface area contributed by atoms with Crippen LogP contribution in [0.3, 0.4) is 0 Å². The molecule has 1 atom stereocenters. The first-order chi connectivity index (χ1) is 14.0. The molecule has 2 aliphatic rings. The molecule has 0 amide bonds. The summed E-state index contributed by atoms with van der Waals surface area (Å²) in [7, 11) is -3.63. The highest BCUT2D eigenvalue weighted by molar-refractivity contribution is 7.89. The maximum atomic E-state index is 13.4. The second-order valence-electron chi connectivity index (χ2n) is 7.52. The van der Waals surface area contributed by atoms with Crippen molar-refractivity contribution in [3.05, 3.63) is 64.5 Å². The summed E-state index contributed by atoms with van der Waals surface area (Å²) in [4.78, 5) is 4.83. The van der Waals surface area contributed by atoms with E-state index >= 15 is 0 Å². The number of nitrogens with zero attached hydrogens (tertiary/aromatic N) is 3. The van der Waals surface area contributed by atoms with Gasteiger partial charge < -0.3 is 4.52 Å². The van der Waals surface area contributed by atoms with E-state index < -0.39 is 16.1 Å². The lowest BCUT2D eigenvalue weighted by Crippen LogP contribution is -2.31. The van der Waals surface area contributed by atoms with Gasteiger partial charge in [0.05, 0.1) is 4.90 Å². The third-order valence-corrected chi connectivity index (χ3v) is 7.87. The van der Waals surface area contributed by atoms with E-state index in [0.29, 0.717) is 34.6 Å². The number of benzene rings is 2. The predicted molar refractivity (Wildman–Crippen MR) is 109 cm³/mol. The van der Waals surface area contributed by atoms with E-state index in [0.717, 1.165) is 36.8 Å². The lowest BCUT2D eigenvalue weighted by molar-refractivity contribution is 0.290. The Morgan fingerprint density at radius 2 is 1.83 bits per heavy atom. The SMILES string of the molecule is O=S(=O)(c1ccc2c(c1)CCC2)N1CCC[C@@H]1c1nc(-c2ccc(Cl)cc2)no1. The first-order valence-electron chi connectivity index (χ1n) is 9.75. The van der Waals surface area contributed by atoms with Crippen molar-refractivity contribution >= 4 is 21.6 Å². The van der Waals surface area contributed by atoms with Crippen LogP contribution in [0.5, 0.6) is 0 Å². The molecule has 1 saturated heterocycles. The van der Waals surface area contributed by atoms with Crippen molar-refractivity contribution < 1.29 is 12.9 Å². The average Bonchev–Trinajstić information content (AvgIpc) is 3.46. The second-order valence-corrected chi connectivity index (χ2v) is 9.85. The molecular formula is C21H20ClN3O3S. The third kappa shape index (κ3) is 3.37. The quantitative estimate of drug-likeness (QED) is 0.614. The maximum Gasteiger partial charge on any atom is 0.245 e. The zero-order valence-electron chi connectivity index (χ0n) is 15.7. The molecule has 5 rings (SSSR count). The molecule has 1 aliphatic carbocycles. The normalized spacial score (nSPS) is 19.6. The van der Waals surface area contributed by atoms with Gasteiger partial charge in [-0.3, -0.25) is 0 Å². The average molecular weight is 430 g/mol. The smallest absolute Gasteiger partial charge is 0.245 e. The highest BCUT2D eigenvalue weighted by Crippen LogP contribution is 2.37. The van der Waals surface area contributed by atoms with Gasteiger partial charge in [0, 0.05) is 17.1 Å². The second kappa shape index (κ2) is 7.23. The molecule has 6 nitrogen and oxygen atoms in total. The van der Waals surface area contributed by atoms with Crippen LogP contribution >= 0.6 is 11.6 Å². The van der Waals surface area contributed by atoms with E-state index in [-0.39, 0.29) is 0 Å². The Labute approximate surface area is 174 Å². The van der Waals surface area contributed by atoms with Crippen molar-refractivity contribution in [2.24, 2.45) is 0 Å². The minimum atomic E-state index is -3.63. The van der Waals surface area contributed by atoms with Crippen LogP contribution in [0, 0.1) is 0 Å². The lowest BCUT2D eigenvalue weighted by Gasteiger charge is -2.21. The Bertz CT molecular complexity index is 1160. The van der Waals surface area contributed by atoms with Crippen molar-refractivity contribution in [2.45, 2.75) is 43.0 Å². The van der Waals surface area contributed by atoms with E-state index in [2.05, 4.69) is 10.1 Å². The fraction of sp³-hybridized carbons (Fsp3) is 0.333. The largest absolute Gasteiger partial charge is 0.337 e. The van der Waals surface area contributed by atoms with Crippen LogP contribution in [0.4, 0.5) is 0 Å². The van der Waals surface area contributed by atoms with Crippen molar-refractivity contribution in [3.8, 4) is 11.4 Å². The van der Waals surface area contributed by atoms with Gasteiger partial charge in [-0.25, -0.2) is 8.42 Å². The number of aromatic nitrogens is 2. The van der Waals surface area contributed by atoms with Crippen LogP contribution in [0.2, 0.25) is 5.02 Å². The summed E-state index contributed by atoms with van der Waals surface area (Å²) in [6, 6.07) is 12.2. The number of rotatable bonds is 4. The molecule has 0 unspecified atom stereocenters. The Morgan fingerprint density at radius 3 is 2.66 bits per heavy atom. The Kier molecular flexibility index (Phi) is 4.69. The van der Waals surface area contributed by atoms with E-state index in [1.165, 1.54) is 9.87 Å². The molecule has 2 heterocycles. The van der Waals surface area contributed by atoms with E-state index in [1.54, 1.807) is 18.2 Å². The zero-order valence-corrected chi connectivity index (χ0v) is 17.3. The summed E-state index contributed by atoms with van der Waals surface area (Å²) in [6.07, 6.45) is 4.47. The molecule has 0 N–H and O–H groups in total. The predicted octanol–water partition coefficient (Wildman–Crippen LogP) is 4.40. The summed E-state index contributed by atoms with van der Waals surface area (Å²) >= 11 is 5.93. The number of sulfonamides is 1. The lowest BCUT2D eigenvalue weighted by atomic mass is 10.1. The van der Waals surface area contributed by atoms with Crippen molar-refractivity contribution in [1.29, 1.82) is 0 Å². The number of fused-ring (bicyclic) bond motifs is 1. The van der Waals surface area contributed by atoms with Gasteiger partial charge in [0.1, 0.15) is 6.04 Å². The van der Waals surface area contributed by atoms with Gasteiger partial charge >= 0.3 is 0 Å². The summed E-state index contributed by atoms with van der Waals surface area (Å²) in [5.41, 5.74) is 3.17. The Balaban J connectivity index is 1.45. The van der Waals surface area contributed by atoms with Gasteiger partial charge in [-0.05, 0) is 79.6 Å². The number of aryl methyl sites for hydroxylation is 2. The number of hydrogen-bond donors (Lipinski definition) is 0. The molecule has 0 radical (unpaired) electrons. The van der Waals surface area contributed by atoms with Crippen LogP contribution in [0.15, 0.2) is 51.9 Å². The van der Waals surface area contributed by atoms with Gasteiger partial charge in [0.25, 0.3) is 0 Å². The minimum absolute atomic E-state index is 0.331. The van der Waals surface area contributed by atoms with Gasteiger partial charge in [0.15, 0.2) is 0 Å². The van der Waals surface area contributed by atoms with Gasteiger partial charge in [-0.2, -0.15) is 9.29 Å². The standard InChI is InChI=1S/C21H20ClN3O3S/c22-17-9-6-15(7-10-17)20-23-21(28-24-20)19-5-2-12-25(19)29(26,27)18-11-8-14-3-1-4-16(14)13-18/h6-11,13,19H,1-5,12H2/t19-/m1/s1. The molecule has 1 aliphatic heterocycles. The molecule has 3 aromatic rings. The van der Waals surface area contributed by atoms with Crippen molar-refractivity contribution in [3.63, 3.8) is 0 Å². The molecule has 0 spiro atoms. The summed E-state index contributed by atoms with van der Waals surface area (Å²) in [5, 5.41) is 4.67. The van der Waals surface area contributed by atoms with Crippen LogP contribution in [0.1, 0.15) is 42.3 Å². The minimum Gasteiger partial charge on any atom is -0.337 e. The van der Waals surface area contributed by atoms with Gasteiger partial charge in [0.2, 0.25) is 21.7 Å². The van der Waals surface area contributed by atoms with E-state index in [1.807, 2.05) is 24.3 Å². The fourth-order valence-electron chi connectivity index (χ4n) is 4.21. The molecule has 29 heavy (non-hydrogen) atoms. The van der Waals surface area contributed by atoms with Crippen LogP contribution in [-0.2, 0) is 22.9 Å². The third-order valence-electron chi connectivity index (χ3n) is 5.71. The maximum absolute atomic E-state index is 13.4. The first kappa shape index (κ1) is 18.8. The highest BCUT2D eigenvalue weighted by Gasteiger charge is 2.39. The molecule has 0 bridgehead atoms. The molecule has 1 fully saturated rings. The van der Waals surface area contributed by atoms with Crippen molar-refractivity contribution in [1.82, 2.24) is 14.4 Å². The Morgan fingerprint density at radius 1 is 1.03 bits per heavy atom. The van der Waals surface area contributed by atoms with Gasteiger partial charge in [-0.15, -0.1) is 0 Å². The molecule has 0 saturated carbocycles. The summed E-state index contributed by atoms with van der Waals surface area (Å²) in [6.45, 7) is 0.447. The fourth-order valence-corrected chi connectivity index (χ4v) is 6.03. The molecule has 150 valence electrons. The molecule has 8 heteroatoms. The topological polar surface area (TPSA) is 76.3 Å². The van der Waals surface area contributed by atoms with E-state index in [9.17, 15) is 8.42 Å². The Hall–Kier alpha value is -2.22. The van der Waals surface area contributed by atoms with E-state index in [4.69, 9.17) is 16.1 Å². The molecule has 2 aromatic carbocycles. The summed E-state index contributed by atoms with van der Waals surface area (Å²) < 4.78 is 33.7. The number of halogens is 1. The van der Waals surface area contributed by atoms with Crippen LogP contribution < -0.4 is 0 Å². The molecular weight excluding hydrogens is 410 g/mol. The first-order valence-corrected chi connectivity index (χ1v) is 11.6. The molecule has 1 aromatic heterocycles. The highest BCUT2D eigenvalue weighted by atomic mass is 35.5.